The molecule has 1 heterocycles. The molecular formula is C13H17FN2O2. The lowest BCUT2D eigenvalue weighted by molar-refractivity contribution is 0.0272. The van der Waals surface area contributed by atoms with Gasteiger partial charge in [-0.25, -0.2) is 4.39 Å². The number of carbonyl (C=O) groups is 1. The summed E-state index contributed by atoms with van der Waals surface area (Å²) in [6, 6.07) is 3.97. The molecule has 1 aliphatic heterocycles. The van der Waals surface area contributed by atoms with E-state index >= 15 is 0 Å². The molecule has 1 aromatic carbocycles. The van der Waals surface area contributed by atoms with E-state index in [1.165, 1.54) is 18.2 Å². The second-order valence-corrected chi connectivity index (χ2v) is 4.91. The minimum Gasteiger partial charge on any atom is -0.396 e. The van der Waals surface area contributed by atoms with E-state index in [2.05, 4.69) is 5.32 Å². The maximum Gasteiger partial charge on any atom is 0.251 e. The van der Waals surface area contributed by atoms with Crippen LogP contribution in [0, 0.1) is 5.82 Å². The Hall–Kier alpha value is -1.62. The number of anilines is 1. The molecule has 1 unspecified atom stereocenters. The molecule has 1 fully saturated rings. The van der Waals surface area contributed by atoms with Gasteiger partial charge in [0.05, 0.1) is 17.8 Å². The SMILES string of the molecule is CC1(NC(=O)c2ccc(F)c(N)c2)CCCOC1. The second kappa shape index (κ2) is 4.94. The van der Waals surface area contributed by atoms with Crippen molar-refractivity contribution in [3.8, 4) is 0 Å². The molecule has 0 spiro atoms. The maximum atomic E-state index is 13.0. The zero-order chi connectivity index (χ0) is 13.2. The molecule has 3 N–H and O–H groups in total. The lowest BCUT2D eigenvalue weighted by Crippen LogP contribution is -2.51. The molecule has 0 bridgehead atoms. The number of carbonyl (C=O) groups excluding carboxylic acids is 1. The molecule has 2 rings (SSSR count). The first kappa shape index (κ1) is 12.8. The van der Waals surface area contributed by atoms with E-state index in [-0.39, 0.29) is 17.1 Å². The lowest BCUT2D eigenvalue weighted by Gasteiger charge is -2.34. The van der Waals surface area contributed by atoms with Gasteiger partial charge < -0.3 is 15.8 Å². The highest BCUT2D eigenvalue weighted by Crippen LogP contribution is 2.19. The van der Waals surface area contributed by atoms with E-state index in [1.54, 1.807) is 0 Å². The van der Waals surface area contributed by atoms with Crippen LogP contribution in [0.5, 0.6) is 0 Å². The third-order valence-electron chi connectivity index (χ3n) is 3.11. The Balaban J connectivity index is 2.09. The van der Waals surface area contributed by atoms with Crippen LogP contribution in [0.1, 0.15) is 30.1 Å². The summed E-state index contributed by atoms with van der Waals surface area (Å²) < 4.78 is 18.4. The van der Waals surface area contributed by atoms with Gasteiger partial charge in [0.1, 0.15) is 5.82 Å². The molecule has 0 radical (unpaired) electrons. The molecule has 4 nitrogen and oxygen atoms in total. The number of amides is 1. The zero-order valence-electron chi connectivity index (χ0n) is 10.3. The Morgan fingerprint density at radius 2 is 2.33 bits per heavy atom. The zero-order valence-corrected chi connectivity index (χ0v) is 10.3. The standard InChI is InChI=1S/C13H17FN2O2/c1-13(5-2-6-18-8-13)16-12(17)9-3-4-10(14)11(15)7-9/h3-4,7H,2,5-6,8,15H2,1H3,(H,16,17). The summed E-state index contributed by atoms with van der Waals surface area (Å²) in [5, 5.41) is 2.92. The molecule has 0 aromatic heterocycles. The van der Waals surface area contributed by atoms with Crippen molar-refractivity contribution in [3.05, 3.63) is 29.6 Å². The van der Waals surface area contributed by atoms with E-state index in [4.69, 9.17) is 10.5 Å². The van der Waals surface area contributed by atoms with Gasteiger partial charge in [-0.05, 0) is 38.0 Å². The normalized spacial score (nSPS) is 23.7. The van der Waals surface area contributed by atoms with Gasteiger partial charge in [-0.15, -0.1) is 0 Å². The summed E-state index contributed by atoms with van der Waals surface area (Å²) in [5.74, 6) is -0.770. The number of nitrogens with one attached hydrogen (secondary N) is 1. The predicted molar refractivity (Wildman–Crippen MR) is 66.7 cm³/mol. The van der Waals surface area contributed by atoms with Crippen molar-refractivity contribution in [2.24, 2.45) is 0 Å². The Morgan fingerprint density at radius 1 is 1.56 bits per heavy atom. The van der Waals surface area contributed by atoms with Crippen molar-refractivity contribution in [3.63, 3.8) is 0 Å². The summed E-state index contributed by atoms with van der Waals surface area (Å²) in [7, 11) is 0. The van der Waals surface area contributed by atoms with Crippen molar-refractivity contribution >= 4 is 11.6 Å². The summed E-state index contributed by atoms with van der Waals surface area (Å²) in [5.41, 5.74) is 5.42. The highest BCUT2D eigenvalue weighted by molar-refractivity contribution is 5.95. The van der Waals surface area contributed by atoms with E-state index < -0.39 is 5.82 Å². The first-order chi connectivity index (χ1) is 8.50. The highest BCUT2D eigenvalue weighted by Gasteiger charge is 2.29. The number of rotatable bonds is 2. The number of hydrogen-bond donors (Lipinski definition) is 2. The first-order valence-electron chi connectivity index (χ1n) is 5.95. The van der Waals surface area contributed by atoms with Crippen LogP contribution in [0.3, 0.4) is 0 Å². The summed E-state index contributed by atoms with van der Waals surface area (Å²) in [4.78, 5) is 12.0. The maximum absolute atomic E-state index is 13.0. The molecule has 1 atom stereocenters. The van der Waals surface area contributed by atoms with E-state index in [1.807, 2.05) is 6.92 Å². The number of nitrogen functional groups attached to an aromatic ring is 1. The molecule has 1 aromatic rings. The lowest BCUT2D eigenvalue weighted by atomic mass is 9.94. The molecule has 5 heteroatoms. The smallest absolute Gasteiger partial charge is 0.251 e. The van der Waals surface area contributed by atoms with Crippen LogP contribution >= 0.6 is 0 Å². The molecule has 0 saturated carbocycles. The van der Waals surface area contributed by atoms with Gasteiger partial charge >= 0.3 is 0 Å². The number of hydrogen-bond acceptors (Lipinski definition) is 3. The van der Waals surface area contributed by atoms with Crippen LogP contribution in [0.25, 0.3) is 0 Å². The van der Waals surface area contributed by atoms with Gasteiger partial charge in [-0.3, -0.25) is 4.79 Å². The van der Waals surface area contributed by atoms with Gasteiger partial charge in [0.15, 0.2) is 0 Å². The molecule has 0 aliphatic carbocycles. The van der Waals surface area contributed by atoms with E-state index in [9.17, 15) is 9.18 Å². The van der Waals surface area contributed by atoms with Crippen LogP contribution in [0.15, 0.2) is 18.2 Å². The average Bonchev–Trinajstić information content (AvgIpc) is 2.33. The minimum atomic E-state index is -0.515. The summed E-state index contributed by atoms with van der Waals surface area (Å²) in [6.07, 6.45) is 1.79. The molecule has 98 valence electrons. The summed E-state index contributed by atoms with van der Waals surface area (Å²) in [6.45, 7) is 3.17. The van der Waals surface area contributed by atoms with Gasteiger partial charge in [-0.2, -0.15) is 0 Å². The van der Waals surface area contributed by atoms with Crippen molar-refractivity contribution in [1.82, 2.24) is 5.32 Å². The first-order valence-corrected chi connectivity index (χ1v) is 5.95. The predicted octanol–water partition coefficient (Wildman–Crippen LogP) is 1.71. The molecule has 1 aliphatic rings. The van der Waals surface area contributed by atoms with Gasteiger partial charge in [0, 0.05) is 12.2 Å². The molecular weight excluding hydrogens is 235 g/mol. The largest absolute Gasteiger partial charge is 0.396 e. The van der Waals surface area contributed by atoms with Crippen LogP contribution in [-0.4, -0.2) is 24.7 Å². The van der Waals surface area contributed by atoms with Crippen LogP contribution in [0.4, 0.5) is 10.1 Å². The second-order valence-electron chi connectivity index (χ2n) is 4.91. The van der Waals surface area contributed by atoms with Gasteiger partial charge in [0.2, 0.25) is 0 Å². The van der Waals surface area contributed by atoms with Crippen LogP contribution < -0.4 is 11.1 Å². The Morgan fingerprint density at radius 3 is 2.94 bits per heavy atom. The van der Waals surface area contributed by atoms with Crippen LogP contribution in [0.2, 0.25) is 0 Å². The fourth-order valence-electron chi connectivity index (χ4n) is 2.06. The quantitative estimate of drug-likeness (QED) is 0.787. The summed E-state index contributed by atoms with van der Waals surface area (Å²) >= 11 is 0. The van der Waals surface area contributed by atoms with Crippen molar-refractivity contribution in [2.45, 2.75) is 25.3 Å². The number of benzene rings is 1. The average molecular weight is 252 g/mol. The fraction of sp³-hybridized carbons (Fsp3) is 0.462. The Bertz CT molecular complexity index is 456. The Kier molecular flexibility index (Phi) is 3.52. The highest BCUT2D eigenvalue weighted by atomic mass is 19.1. The third-order valence-corrected chi connectivity index (χ3v) is 3.11. The van der Waals surface area contributed by atoms with Crippen molar-refractivity contribution < 1.29 is 13.9 Å². The van der Waals surface area contributed by atoms with Crippen molar-refractivity contribution in [2.75, 3.05) is 18.9 Å². The van der Waals surface area contributed by atoms with E-state index in [0.29, 0.717) is 12.2 Å². The molecule has 1 saturated heterocycles. The third kappa shape index (κ3) is 2.79. The minimum absolute atomic E-state index is 0.0207. The molecule has 1 amide bonds. The topological polar surface area (TPSA) is 64.4 Å². The monoisotopic (exact) mass is 252 g/mol. The number of halogens is 1. The van der Waals surface area contributed by atoms with E-state index in [0.717, 1.165) is 19.4 Å². The Labute approximate surface area is 105 Å². The van der Waals surface area contributed by atoms with Gasteiger partial charge in [-0.1, -0.05) is 0 Å². The van der Waals surface area contributed by atoms with Gasteiger partial charge in [0.25, 0.3) is 5.91 Å². The van der Waals surface area contributed by atoms with Crippen molar-refractivity contribution in [1.29, 1.82) is 0 Å². The number of ether oxygens (including phenoxy) is 1. The van der Waals surface area contributed by atoms with Crippen LogP contribution in [-0.2, 0) is 4.74 Å². The number of nitrogens with two attached hydrogens (primary N) is 1. The molecule has 18 heavy (non-hydrogen) atoms. The fourth-order valence-corrected chi connectivity index (χ4v) is 2.06.